The van der Waals surface area contributed by atoms with E-state index in [4.69, 9.17) is 9.47 Å². The van der Waals surface area contributed by atoms with Gasteiger partial charge in [0.2, 0.25) is 5.91 Å². The van der Waals surface area contributed by atoms with Crippen molar-refractivity contribution in [3.05, 3.63) is 35.9 Å². The van der Waals surface area contributed by atoms with Crippen molar-refractivity contribution < 1.29 is 19.1 Å². The Morgan fingerprint density at radius 1 is 1.07 bits per heavy atom. The van der Waals surface area contributed by atoms with Crippen molar-refractivity contribution in [3.63, 3.8) is 0 Å². The average Bonchev–Trinajstić information content (AvgIpc) is 3.10. The van der Waals surface area contributed by atoms with Crippen molar-refractivity contribution in [2.24, 2.45) is 0 Å². The molecule has 0 atom stereocenters. The van der Waals surface area contributed by atoms with Gasteiger partial charge in [0.15, 0.2) is 5.13 Å². The summed E-state index contributed by atoms with van der Waals surface area (Å²) in [5.74, 6) is 1.03. The van der Waals surface area contributed by atoms with Crippen LogP contribution in [0.15, 0.2) is 30.3 Å². The fourth-order valence-electron chi connectivity index (χ4n) is 2.73. The van der Waals surface area contributed by atoms with Gasteiger partial charge in [0.1, 0.15) is 11.5 Å². The van der Waals surface area contributed by atoms with Gasteiger partial charge in [-0.25, -0.2) is 9.78 Å². The highest BCUT2D eigenvalue weighted by molar-refractivity contribution is 7.22. The first-order valence-corrected chi connectivity index (χ1v) is 9.76. The summed E-state index contributed by atoms with van der Waals surface area (Å²) in [7, 11) is 3.08. The standard InChI is InChI=1S/C20H22N4O4S/c1-5-17(25)23-20-24-18-11(2)8-12(9-16(18)29-20)21-19(26)22-14-10-13(27-3)6-7-15(14)28-4/h6-10H,5H2,1-4H3,(H2,21,22,26)(H,23,24,25). The SMILES string of the molecule is CCC(=O)Nc1nc2c(C)cc(NC(=O)Nc3cc(OC)ccc3OC)cc2s1. The highest BCUT2D eigenvalue weighted by atomic mass is 32.1. The number of methoxy groups -OCH3 is 2. The van der Waals surface area contributed by atoms with Crippen LogP contribution in [-0.2, 0) is 4.79 Å². The van der Waals surface area contributed by atoms with E-state index in [0.29, 0.717) is 34.4 Å². The van der Waals surface area contributed by atoms with E-state index in [1.165, 1.54) is 18.4 Å². The third-order valence-corrected chi connectivity index (χ3v) is 5.08. The highest BCUT2D eigenvalue weighted by Crippen LogP contribution is 2.32. The molecule has 0 aliphatic rings. The van der Waals surface area contributed by atoms with Crippen LogP contribution in [0.3, 0.4) is 0 Å². The van der Waals surface area contributed by atoms with Crippen molar-refractivity contribution in [1.82, 2.24) is 4.98 Å². The van der Waals surface area contributed by atoms with E-state index in [1.807, 2.05) is 19.1 Å². The molecule has 3 aromatic rings. The molecule has 0 saturated heterocycles. The molecule has 0 unspecified atom stereocenters. The second-order valence-corrected chi connectivity index (χ2v) is 7.24. The van der Waals surface area contributed by atoms with E-state index < -0.39 is 6.03 Å². The first-order valence-electron chi connectivity index (χ1n) is 8.94. The van der Waals surface area contributed by atoms with Crippen LogP contribution >= 0.6 is 11.3 Å². The van der Waals surface area contributed by atoms with Crippen LogP contribution < -0.4 is 25.4 Å². The Morgan fingerprint density at radius 2 is 1.86 bits per heavy atom. The number of hydrogen-bond acceptors (Lipinski definition) is 6. The highest BCUT2D eigenvalue weighted by Gasteiger charge is 2.13. The van der Waals surface area contributed by atoms with E-state index >= 15 is 0 Å². The van der Waals surface area contributed by atoms with Gasteiger partial charge in [0.25, 0.3) is 0 Å². The molecule has 3 rings (SSSR count). The fraction of sp³-hybridized carbons (Fsp3) is 0.250. The smallest absolute Gasteiger partial charge is 0.323 e. The molecule has 0 fully saturated rings. The molecule has 0 aliphatic carbocycles. The van der Waals surface area contributed by atoms with Crippen LogP contribution in [0.1, 0.15) is 18.9 Å². The number of fused-ring (bicyclic) bond motifs is 1. The summed E-state index contributed by atoms with van der Waals surface area (Å²) in [6.07, 6.45) is 0.385. The number of nitrogens with zero attached hydrogens (tertiary/aromatic N) is 1. The largest absolute Gasteiger partial charge is 0.497 e. The number of carbonyl (C=O) groups is 2. The van der Waals surface area contributed by atoms with Gasteiger partial charge in [-0.05, 0) is 36.8 Å². The number of benzene rings is 2. The number of anilines is 3. The summed E-state index contributed by atoms with van der Waals surface area (Å²) in [4.78, 5) is 28.6. The van der Waals surface area contributed by atoms with Gasteiger partial charge >= 0.3 is 6.03 Å². The summed E-state index contributed by atoms with van der Waals surface area (Å²) in [5, 5.41) is 8.89. The molecule has 8 nitrogen and oxygen atoms in total. The molecule has 1 aromatic heterocycles. The Bertz CT molecular complexity index is 1060. The molecular weight excluding hydrogens is 392 g/mol. The van der Waals surface area contributed by atoms with Crippen LogP contribution in [0.5, 0.6) is 11.5 Å². The molecule has 0 radical (unpaired) electrons. The van der Waals surface area contributed by atoms with Crippen molar-refractivity contribution in [2.75, 3.05) is 30.2 Å². The topological polar surface area (TPSA) is 102 Å². The van der Waals surface area contributed by atoms with Crippen LogP contribution in [0.4, 0.5) is 21.3 Å². The zero-order valence-electron chi connectivity index (χ0n) is 16.6. The van der Waals surface area contributed by atoms with Gasteiger partial charge in [-0.3, -0.25) is 4.79 Å². The summed E-state index contributed by atoms with van der Waals surface area (Å²) in [5.41, 5.74) is 2.79. The second-order valence-electron chi connectivity index (χ2n) is 6.21. The minimum atomic E-state index is -0.417. The van der Waals surface area contributed by atoms with Gasteiger partial charge in [0.05, 0.1) is 30.1 Å². The lowest BCUT2D eigenvalue weighted by Gasteiger charge is -2.13. The quantitative estimate of drug-likeness (QED) is 0.547. The lowest BCUT2D eigenvalue weighted by atomic mass is 10.2. The number of amides is 3. The maximum atomic E-state index is 12.5. The number of thiazole rings is 1. The predicted molar refractivity (Wildman–Crippen MR) is 115 cm³/mol. The number of hydrogen-bond donors (Lipinski definition) is 3. The predicted octanol–water partition coefficient (Wildman–Crippen LogP) is 4.61. The third kappa shape index (κ3) is 4.75. The van der Waals surface area contributed by atoms with Crippen LogP contribution in [0.2, 0.25) is 0 Å². The van der Waals surface area contributed by atoms with Gasteiger partial charge in [0, 0.05) is 18.2 Å². The molecule has 29 heavy (non-hydrogen) atoms. The number of carbonyl (C=O) groups excluding carboxylic acids is 2. The monoisotopic (exact) mass is 414 g/mol. The molecule has 9 heteroatoms. The fourth-order valence-corrected chi connectivity index (χ4v) is 3.73. The third-order valence-electron chi connectivity index (χ3n) is 4.17. The molecule has 3 N–H and O–H groups in total. The summed E-state index contributed by atoms with van der Waals surface area (Å²) >= 11 is 1.36. The van der Waals surface area contributed by atoms with Gasteiger partial charge < -0.3 is 25.4 Å². The molecule has 152 valence electrons. The van der Waals surface area contributed by atoms with Crippen LogP contribution in [-0.4, -0.2) is 31.1 Å². The van der Waals surface area contributed by atoms with Crippen molar-refractivity contribution in [2.45, 2.75) is 20.3 Å². The Labute approximate surface area is 172 Å². The van der Waals surface area contributed by atoms with Crippen molar-refractivity contribution >= 4 is 50.0 Å². The normalized spacial score (nSPS) is 10.5. The summed E-state index contributed by atoms with van der Waals surface area (Å²) < 4.78 is 11.3. The second kappa shape index (κ2) is 8.78. The number of aromatic nitrogens is 1. The minimum Gasteiger partial charge on any atom is -0.497 e. The molecule has 0 aliphatic heterocycles. The maximum Gasteiger partial charge on any atom is 0.323 e. The minimum absolute atomic E-state index is 0.0910. The number of urea groups is 1. The Hall–Kier alpha value is -3.33. The molecule has 0 bridgehead atoms. The number of ether oxygens (including phenoxy) is 2. The van der Waals surface area contributed by atoms with Gasteiger partial charge in [-0.2, -0.15) is 0 Å². The van der Waals surface area contributed by atoms with Gasteiger partial charge in [-0.1, -0.05) is 18.3 Å². The van der Waals surface area contributed by atoms with E-state index in [9.17, 15) is 9.59 Å². The molecule has 1 heterocycles. The first kappa shape index (κ1) is 20.4. The maximum absolute atomic E-state index is 12.5. The number of rotatable bonds is 6. The van der Waals surface area contributed by atoms with E-state index in [0.717, 1.165) is 15.8 Å². The first-order chi connectivity index (χ1) is 13.9. The van der Waals surface area contributed by atoms with Crippen molar-refractivity contribution in [3.8, 4) is 11.5 Å². The lowest BCUT2D eigenvalue weighted by Crippen LogP contribution is -2.19. The Kier molecular flexibility index (Phi) is 6.18. The summed E-state index contributed by atoms with van der Waals surface area (Å²) in [6, 6.07) is 8.38. The van der Waals surface area contributed by atoms with Gasteiger partial charge in [-0.15, -0.1) is 0 Å². The molecule has 3 amide bonds. The van der Waals surface area contributed by atoms with Crippen molar-refractivity contribution in [1.29, 1.82) is 0 Å². The van der Waals surface area contributed by atoms with Crippen LogP contribution in [0, 0.1) is 6.92 Å². The Morgan fingerprint density at radius 3 is 2.55 bits per heavy atom. The van der Waals surface area contributed by atoms with E-state index in [2.05, 4.69) is 20.9 Å². The van der Waals surface area contributed by atoms with E-state index in [-0.39, 0.29) is 5.91 Å². The summed E-state index contributed by atoms with van der Waals surface area (Å²) in [6.45, 7) is 3.69. The molecular formula is C20H22N4O4S. The average molecular weight is 414 g/mol. The lowest BCUT2D eigenvalue weighted by molar-refractivity contribution is -0.115. The number of aryl methyl sites for hydroxylation is 1. The molecule has 2 aromatic carbocycles. The van der Waals surface area contributed by atoms with E-state index in [1.54, 1.807) is 32.2 Å². The van der Waals surface area contributed by atoms with Crippen LogP contribution in [0.25, 0.3) is 10.2 Å². The molecule has 0 spiro atoms. The molecule has 0 saturated carbocycles. The Balaban J connectivity index is 1.79. The zero-order chi connectivity index (χ0) is 21.0. The zero-order valence-corrected chi connectivity index (χ0v) is 17.4. The number of nitrogens with one attached hydrogen (secondary N) is 3.